The molecule has 0 atom stereocenters. The standard InChI is InChI=1S/C18H27BF4N2O3/c1-15(2,3)26-9-8-25-11-12(10-24-25)13(18(21,22)23)14(20)19-27-16(4,5)17(6,7)28-19/h10-11H,8-9H2,1-7H3. The second-order valence-corrected chi connectivity index (χ2v) is 8.76. The average molecular weight is 406 g/mol. The molecule has 10 heteroatoms. The molecular formula is C18H27BF4N2O3. The molecule has 1 aromatic rings. The number of alkyl halides is 3. The fourth-order valence-electron chi connectivity index (χ4n) is 2.56. The molecule has 1 aromatic heterocycles. The molecule has 1 fully saturated rings. The van der Waals surface area contributed by atoms with Crippen LogP contribution < -0.4 is 0 Å². The van der Waals surface area contributed by atoms with Crippen LogP contribution in [0.4, 0.5) is 17.6 Å². The minimum Gasteiger partial charge on any atom is -0.398 e. The van der Waals surface area contributed by atoms with Gasteiger partial charge in [0.1, 0.15) is 5.73 Å². The summed E-state index contributed by atoms with van der Waals surface area (Å²) in [4.78, 5) is 0. The molecule has 1 aliphatic rings. The van der Waals surface area contributed by atoms with Crippen LogP contribution in [0.2, 0.25) is 0 Å². The topological polar surface area (TPSA) is 45.5 Å². The third kappa shape index (κ3) is 5.15. The first kappa shape index (κ1) is 22.9. The van der Waals surface area contributed by atoms with Crippen LogP contribution in [-0.4, -0.2) is 46.5 Å². The van der Waals surface area contributed by atoms with Crippen LogP contribution in [-0.2, 0) is 20.6 Å². The van der Waals surface area contributed by atoms with Gasteiger partial charge in [0.2, 0.25) is 0 Å². The number of allylic oxidation sites excluding steroid dienone is 1. The van der Waals surface area contributed by atoms with E-state index in [0.717, 1.165) is 12.4 Å². The van der Waals surface area contributed by atoms with Gasteiger partial charge in [-0.1, -0.05) is 0 Å². The van der Waals surface area contributed by atoms with Gasteiger partial charge in [-0.25, -0.2) is 4.39 Å². The Morgan fingerprint density at radius 2 is 1.68 bits per heavy atom. The molecule has 0 aliphatic carbocycles. The molecule has 0 saturated carbocycles. The minimum atomic E-state index is -4.94. The average Bonchev–Trinajstić information content (AvgIpc) is 2.99. The summed E-state index contributed by atoms with van der Waals surface area (Å²) < 4.78 is 73.5. The van der Waals surface area contributed by atoms with Gasteiger partial charge in [0.05, 0.1) is 41.7 Å². The van der Waals surface area contributed by atoms with E-state index in [0.29, 0.717) is 0 Å². The highest BCUT2D eigenvalue weighted by Gasteiger charge is 2.55. The van der Waals surface area contributed by atoms with Gasteiger partial charge in [-0.05, 0) is 48.5 Å². The SMILES string of the molecule is CC(C)(C)OCCn1cc(C(=C(F)B2OC(C)(C)C(C)(C)O2)C(F)(F)F)cn1. The second kappa shape index (κ2) is 7.46. The summed E-state index contributed by atoms with van der Waals surface area (Å²) in [6.07, 6.45) is -2.83. The summed E-state index contributed by atoms with van der Waals surface area (Å²) in [5.74, 6) is 0. The van der Waals surface area contributed by atoms with E-state index in [1.54, 1.807) is 27.7 Å². The molecule has 0 spiro atoms. The molecule has 1 saturated heterocycles. The first-order valence-corrected chi connectivity index (χ1v) is 9.03. The number of nitrogens with zero attached hydrogens (tertiary/aromatic N) is 2. The lowest BCUT2D eigenvalue weighted by Gasteiger charge is -2.32. The molecule has 158 valence electrons. The van der Waals surface area contributed by atoms with Gasteiger partial charge in [-0.3, -0.25) is 4.68 Å². The molecule has 0 bridgehead atoms. The fourth-order valence-corrected chi connectivity index (χ4v) is 2.56. The molecule has 28 heavy (non-hydrogen) atoms. The zero-order valence-corrected chi connectivity index (χ0v) is 17.3. The highest BCUT2D eigenvalue weighted by atomic mass is 19.4. The molecule has 0 radical (unpaired) electrons. The van der Waals surface area contributed by atoms with Crippen molar-refractivity contribution in [1.82, 2.24) is 9.78 Å². The Morgan fingerprint density at radius 3 is 2.14 bits per heavy atom. The van der Waals surface area contributed by atoms with Crippen molar-refractivity contribution in [2.24, 2.45) is 0 Å². The van der Waals surface area contributed by atoms with Gasteiger partial charge in [0.25, 0.3) is 0 Å². The summed E-state index contributed by atoms with van der Waals surface area (Å²) in [7, 11) is -1.74. The monoisotopic (exact) mass is 406 g/mol. The predicted octanol–water partition coefficient (Wildman–Crippen LogP) is 4.57. The van der Waals surface area contributed by atoms with E-state index in [4.69, 9.17) is 14.0 Å². The number of hydrogen-bond acceptors (Lipinski definition) is 4. The summed E-state index contributed by atoms with van der Waals surface area (Å²) in [5.41, 5.74) is -5.66. The Balaban J connectivity index is 2.29. The Bertz CT molecular complexity index is 720. The summed E-state index contributed by atoms with van der Waals surface area (Å²) in [6.45, 7) is 12.7. The smallest absolute Gasteiger partial charge is 0.398 e. The van der Waals surface area contributed by atoms with E-state index >= 15 is 0 Å². The number of halogens is 4. The van der Waals surface area contributed by atoms with E-state index in [2.05, 4.69) is 5.10 Å². The van der Waals surface area contributed by atoms with Crippen molar-refractivity contribution in [3.63, 3.8) is 0 Å². The molecule has 0 unspecified atom stereocenters. The zero-order chi connectivity index (χ0) is 21.5. The van der Waals surface area contributed by atoms with Crippen molar-refractivity contribution in [2.75, 3.05) is 6.61 Å². The van der Waals surface area contributed by atoms with Gasteiger partial charge >= 0.3 is 13.3 Å². The van der Waals surface area contributed by atoms with Crippen molar-refractivity contribution >= 4 is 12.7 Å². The maximum atomic E-state index is 14.9. The summed E-state index contributed by atoms with van der Waals surface area (Å²) >= 11 is 0. The minimum absolute atomic E-state index is 0.237. The number of ether oxygens (including phenoxy) is 1. The third-order valence-electron chi connectivity index (χ3n) is 4.76. The van der Waals surface area contributed by atoms with E-state index in [1.165, 1.54) is 4.68 Å². The first-order chi connectivity index (χ1) is 12.5. The van der Waals surface area contributed by atoms with Crippen LogP contribution >= 0.6 is 0 Å². The van der Waals surface area contributed by atoms with Gasteiger partial charge in [0, 0.05) is 11.8 Å². The maximum Gasteiger partial charge on any atom is 0.525 e. The highest BCUT2D eigenvalue weighted by Crippen LogP contribution is 2.43. The molecule has 1 aliphatic heterocycles. The molecule has 2 heterocycles. The lowest BCUT2D eigenvalue weighted by molar-refractivity contribution is -0.0699. The van der Waals surface area contributed by atoms with Crippen molar-refractivity contribution in [1.29, 1.82) is 0 Å². The van der Waals surface area contributed by atoms with Crippen molar-refractivity contribution < 1.29 is 31.6 Å². The summed E-state index contributed by atoms with van der Waals surface area (Å²) in [5, 5.41) is 3.89. The Hall–Kier alpha value is -1.39. The van der Waals surface area contributed by atoms with Crippen molar-refractivity contribution in [3.05, 3.63) is 23.7 Å². The van der Waals surface area contributed by atoms with E-state index in [9.17, 15) is 17.6 Å². The molecule has 0 aromatic carbocycles. The van der Waals surface area contributed by atoms with Crippen LogP contribution in [0.15, 0.2) is 18.1 Å². The quantitative estimate of drug-likeness (QED) is 0.531. The first-order valence-electron chi connectivity index (χ1n) is 9.03. The van der Waals surface area contributed by atoms with E-state index < -0.39 is 41.4 Å². The zero-order valence-electron chi connectivity index (χ0n) is 17.3. The number of hydrogen-bond donors (Lipinski definition) is 0. The second-order valence-electron chi connectivity index (χ2n) is 8.76. The molecule has 2 rings (SSSR count). The fraction of sp³-hybridized carbons (Fsp3) is 0.722. The maximum absolute atomic E-state index is 14.9. The van der Waals surface area contributed by atoms with E-state index in [-0.39, 0.29) is 18.8 Å². The molecule has 5 nitrogen and oxygen atoms in total. The van der Waals surface area contributed by atoms with Gasteiger partial charge in [0.15, 0.2) is 0 Å². The van der Waals surface area contributed by atoms with E-state index in [1.807, 2.05) is 20.8 Å². The van der Waals surface area contributed by atoms with Crippen molar-refractivity contribution in [3.8, 4) is 0 Å². The Morgan fingerprint density at radius 1 is 1.14 bits per heavy atom. The lowest BCUT2D eigenvalue weighted by atomic mass is 9.83. The van der Waals surface area contributed by atoms with Gasteiger partial charge < -0.3 is 14.0 Å². The van der Waals surface area contributed by atoms with Crippen LogP contribution in [0.3, 0.4) is 0 Å². The van der Waals surface area contributed by atoms with Crippen LogP contribution in [0.1, 0.15) is 54.0 Å². The van der Waals surface area contributed by atoms with Crippen LogP contribution in [0, 0.1) is 0 Å². The number of rotatable bonds is 5. The predicted molar refractivity (Wildman–Crippen MR) is 98.1 cm³/mol. The van der Waals surface area contributed by atoms with Crippen LogP contribution in [0.5, 0.6) is 0 Å². The Kier molecular flexibility index (Phi) is 6.10. The lowest BCUT2D eigenvalue weighted by Crippen LogP contribution is -2.41. The van der Waals surface area contributed by atoms with Gasteiger partial charge in [-0.15, -0.1) is 0 Å². The van der Waals surface area contributed by atoms with Gasteiger partial charge in [-0.2, -0.15) is 18.3 Å². The summed E-state index contributed by atoms with van der Waals surface area (Å²) in [6, 6.07) is 0. The highest BCUT2D eigenvalue weighted by molar-refractivity contribution is 6.55. The molecular weight excluding hydrogens is 379 g/mol. The molecule has 0 amide bonds. The van der Waals surface area contributed by atoms with Crippen LogP contribution in [0.25, 0.3) is 5.57 Å². The number of aromatic nitrogens is 2. The normalized spacial score (nSPS) is 20.5. The Labute approximate surface area is 163 Å². The third-order valence-corrected chi connectivity index (χ3v) is 4.76. The molecule has 0 N–H and O–H groups in total. The largest absolute Gasteiger partial charge is 0.525 e. The van der Waals surface area contributed by atoms with Crippen molar-refractivity contribution in [2.45, 2.75) is 78.0 Å².